The Morgan fingerprint density at radius 2 is 2.00 bits per heavy atom. The summed E-state index contributed by atoms with van der Waals surface area (Å²) in [7, 11) is 0. The molecule has 0 aliphatic heterocycles. The molecule has 2 aromatic rings. The molecule has 0 spiro atoms. The highest BCUT2D eigenvalue weighted by molar-refractivity contribution is 6.29. The largest absolute Gasteiger partial charge is 0.378 e. The maximum absolute atomic E-state index is 13.0. The lowest BCUT2D eigenvalue weighted by atomic mass is 10.0. The predicted molar refractivity (Wildman–Crippen MR) is 81.5 cm³/mol. The fraction of sp³-hybridized carbons (Fsp3) is 0.312. The Balaban J connectivity index is 2.16. The van der Waals surface area contributed by atoms with Crippen LogP contribution in [0.3, 0.4) is 0 Å². The van der Waals surface area contributed by atoms with Crippen LogP contribution in [-0.2, 0) is 0 Å². The monoisotopic (exact) mass is 292 g/mol. The summed E-state index contributed by atoms with van der Waals surface area (Å²) >= 11 is 5.90. The Hall–Kier alpha value is -1.61. The molecular formula is C16H18ClFN2. The summed E-state index contributed by atoms with van der Waals surface area (Å²) in [4.78, 5) is 3.97. The van der Waals surface area contributed by atoms with Crippen molar-refractivity contribution in [2.75, 3.05) is 5.32 Å². The number of aromatic nitrogens is 1. The van der Waals surface area contributed by atoms with Gasteiger partial charge in [0, 0.05) is 11.9 Å². The second kappa shape index (κ2) is 7.25. The standard InChI is InChI=1S/C16H18ClFN2/c1-2-3-4-15(12-5-7-13(18)8-6-12)20-14-9-10-19-16(17)11-14/h5-11,15H,2-4H2,1H3,(H,19,20). The summed E-state index contributed by atoms with van der Waals surface area (Å²) in [6.07, 6.45) is 4.89. The molecule has 1 atom stereocenters. The maximum atomic E-state index is 13.0. The number of rotatable bonds is 6. The minimum Gasteiger partial charge on any atom is -0.378 e. The molecule has 106 valence electrons. The molecule has 0 bridgehead atoms. The predicted octanol–water partition coefficient (Wildman–Crippen LogP) is 5.22. The van der Waals surface area contributed by atoms with Crippen LogP contribution in [0, 0.1) is 5.82 Å². The van der Waals surface area contributed by atoms with E-state index in [9.17, 15) is 4.39 Å². The van der Waals surface area contributed by atoms with Gasteiger partial charge >= 0.3 is 0 Å². The summed E-state index contributed by atoms with van der Waals surface area (Å²) in [6, 6.07) is 10.5. The third kappa shape index (κ3) is 4.20. The zero-order valence-electron chi connectivity index (χ0n) is 11.4. The van der Waals surface area contributed by atoms with Gasteiger partial charge in [0.2, 0.25) is 0 Å². The van der Waals surface area contributed by atoms with Crippen LogP contribution in [0.5, 0.6) is 0 Å². The molecule has 2 rings (SSSR count). The van der Waals surface area contributed by atoms with Crippen molar-refractivity contribution in [2.45, 2.75) is 32.2 Å². The third-order valence-electron chi connectivity index (χ3n) is 3.19. The molecule has 0 saturated carbocycles. The van der Waals surface area contributed by atoms with Gasteiger partial charge in [-0.3, -0.25) is 0 Å². The van der Waals surface area contributed by atoms with Crippen LogP contribution >= 0.6 is 11.6 Å². The van der Waals surface area contributed by atoms with Gasteiger partial charge in [-0.2, -0.15) is 0 Å². The molecule has 0 aliphatic rings. The highest BCUT2D eigenvalue weighted by Gasteiger charge is 2.11. The maximum Gasteiger partial charge on any atom is 0.131 e. The van der Waals surface area contributed by atoms with E-state index in [4.69, 9.17) is 11.6 Å². The van der Waals surface area contributed by atoms with E-state index in [1.807, 2.05) is 18.2 Å². The lowest BCUT2D eigenvalue weighted by Crippen LogP contribution is -2.11. The molecule has 0 saturated heterocycles. The molecule has 1 aromatic heterocycles. The summed E-state index contributed by atoms with van der Waals surface area (Å²) < 4.78 is 13.0. The van der Waals surface area contributed by atoms with Gasteiger partial charge in [-0.05, 0) is 36.2 Å². The molecule has 0 fully saturated rings. The van der Waals surface area contributed by atoms with Crippen LogP contribution in [0.25, 0.3) is 0 Å². The number of halogens is 2. The Bertz CT molecular complexity index is 542. The zero-order chi connectivity index (χ0) is 14.4. The van der Waals surface area contributed by atoms with Crippen molar-refractivity contribution >= 4 is 17.3 Å². The van der Waals surface area contributed by atoms with E-state index in [-0.39, 0.29) is 11.9 Å². The summed E-state index contributed by atoms with van der Waals surface area (Å²) in [6.45, 7) is 2.16. The van der Waals surface area contributed by atoms with Gasteiger partial charge in [0.25, 0.3) is 0 Å². The first-order valence-electron chi connectivity index (χ1n) is 6.82. The van der Waals surface area contributed by atoms with Gasteiger partial charge in [-0.15, -0.1) is 0 Å². The van der Waals surface area contributed by atoms with E-state index in [1.165, 1.54) is 12.1 Å². The molecular weight excluding hydrogens is 275 g/mol. The van der Waals surface area contributed by atoms with Gasteiger partial charge in [0.1, 0.15) is 11.0 Å². The highest BCUT2D eigenvalue weighted by atomic mass is 35.5. The lowest BCUT2D eigenvalue weighted by molar-refractivity contribution is 0.616. The summed E-state index contributed by atoms with van der Waals surface area (Å²) in [5.41, 5.74) is 2.00. The minimum absolute atomic E-state index is 0.147. The smallest absolute Gasteiger partial charge is 0.131 e. The molecule has 2 nitrogen and oxygen atoms in total. The van der Waals surface area contributed by atoms with Crippen molar-refractivity contribution < 1.29 is 4.39 Å². The number of hydrogen-bond acceptors (Lipinski definition) is 2. The van der Waals surface area contributed by atoms with E-state index < -0.39 is 0 Å². The Labute approximate surface area is 124 Å². The molecule has 1 N–H and O–H groups in total. The van der Waals surface area contributed by atoms with Crippen molar-refractivity contribution in [3.05, 3.63) is 59.1 Å². The molecule has 0 radical (unpaired) electrons. The fourth-order valence-corrected chi connectivity index (χ4v) is 2.29. The van der Waals surface area contributed by atoms with Gasteiger partial charge in [0.05, 0.1) is 6.04 Å². The van der Waals surface area contributed by atoms with Crippen molar-refractivity contribution in [1.82, 2.24) is 4.98 Å². The SMILES string of the molecule is CCCCC(Nc1ccnc(Cl)c1)c1ccc(F)cc1. The Morgan fingerprint density at radius 1 is 1.25 bits per heavy atom. The van der Waals surface area contributed by atoms with Gasteiger partial charge < -0.3 is 5.32 Å². The van der Waals surface area contributed by atoms with Gasteiger partial charge in [0.15, 0.2) is 0 Å². The molecule has 4 heteroatoms. The van der Waals surface area contributed by atoms with Crippen LogP contribution in [0.2, 0.25) is 5.15 Å². The number of anilines is 1. The Morgan fingerprint density at radius 3 is 2.65 bits per heavy atom. The van der Waals surface area contributed by atoms with Crippen LogP contribution in [0.1, 0.15) is 37.8 Å². The average Bonchev–Trinajstić information content (AvgIpc) is 2.44. The van der Waals surface area contributed by atoms with Crippen LogP contribution in [0.15, 0.2) is 42.6 Å². The fourth-order valence-electron chi connectivity index (χ4n) is 2.12. The topological polar surface area (TPSA) is 24.9 Å². The van der Waals surface area contributed by atoms with Crippen LogP contribution in [0.4, 0.5) is 10.1 Å². The Kier molecular flexibility index (Phi) is 5.36. The molecule has 0 aliphatic carbocycles. The molecule has 1 aromatic carbocycles. The summed E-state index contributed by atoms with van der Waals surface area (Å²) in [5.74, 6) is -0.213. The number of pyridine rings is 1. The number of benzene rings is 1. The molecule has 1 unspecified atom stereocenters. The number of nitrogens with one attached hydrogen (secondary N) is 1. The number of unbranched alkanes of at least 4 members (excludes halogenated alkanes) is 1. The van der Waals surface area contributed by atoms with E-state index in [0.717, 1.165) is 30.5 Å². The number of nitrogens with zero attached hydrogens (tertiary/aromatic N) is 1. The van der Waals surface area contributed by atoms with Crippen molar-refractivity contribution in [1.29, 1.82) is 0 Å². The highest BCUT2D eigenvalue weighted by Crippen LogP contribution is 2.25. The quantitative estimate of drug-likeness (QED) is 0.739. The van der Waals surface area contributed by atoms with E-state index in [2.05, 4.69) is 17.2 Å². The first-order valence-corrected chi connectivity index (χ1v) is 7.20. The van der Waals surface area contributed by atoms with Crippen molar-refractivity contribution in [3.63, 3.8) is 0 Å². The normalized spacial score (nSPS) is 12.2. The van der Waals surface area contributed by atoms with E-state index in [1.54, 1.807) is 12.3 Å². The first-order chi connectivity index (χ1) is 9.69. The van der Waals surface area contributed by atoms with E-state index >= 15 is 0 Å². The van der Waals surface area contributed by atoms with E-state index in [0.29, 0.717) is 5.15 Å². The minimum atomic E-state index is -0.213. The lowest BCUT2D eigenvalue weighted by Gasteiger charge is -2.20. The number of hydrogen-bond donors (Lipinski definition) is 1. The van der Waals surface area contributed by atoms with Crippen LogP contribution < -0.4 is 5.32 Å². The van der Waals surface area contributed by atoms with Gasteiger partial charge in [-0.1, -0.05) is 43.5 Å². The molecule has 1 heterocycles. The molecule has 0 amide bonds. The zero-order valence-corrected chi connectivity index (χ0v) is 12.2. The second-order valence-electron chi connectivity index (χ2n) is 4.76. The van der Waals surface area contributed by atoms with Crippen LogP contribution in [-0.4, -0.2) is 4.98 Å². The van der Waals surface area contributed by atoms with Crippen molar-refractivity contribution in [2.24, 2.45) is 0 Å². The third-order valence-corrected chi connectivity index (χ3v) is 3.39. The van der Waals surface area contributed by atoms with Crippen molar-refractivity contribution in [3.8, 4) is 0 Å². The van der Waals surface area contributed by atoms with Gasteiger partial charge in [-0.25, -0.2) is 9.37 Å². The second-order valence-corrected chi connectivity index (χ2v) is 5.15. The summed E-state index contributed by atoms with van der Waals surface area (Å²) in [5, 5.41) is 3.90. The average molecular weight is 293 g/mol. The first kappa shape index (κ1) is 14.8. The molecule has 20 heavy (non-hydrogen) atoms.